The molecule has 0 radical (unpaired) electrons. The number of carbonyl (C=O) groups excluding carboxylic acids is 1. The first-order chi connectivity index (χ1) is 13.1. The molecule has 1 amide bonds. The van der Waals surface area contributed by atoms with Gasteiger partial charge in [-0.2, -0.15) is 0 Å². The highest BCUT2D eigenvalue weighted by Gasteiger charge is 2.19. The number of hydrogen-bond donors (Lipinski definition) is 2. The molecule has 0 spiro atoms. The van der Waals surface area contributed by atoms with Gasteiger partial charge in [0.15, 0.2) is 0 Å². The zero-order valence-electron chi connectivity index (χ0n) is 16.4. The van der Waals surface area contributed by atoms with Crippen LogP contribution in [0.2, 0.25) is 0 Å². The molecule has 142 valence electrons. The maximum atomic E-state index is 12.1. The number of carbonyl (C=O) groups is 1. The van der Waals surface area contributed by atoms with Crippen LogP contribution < -0.4 is 10.6 Å². The molecule has 1 aliphatic rings. The van der Waals surface area contributed by atoms with Gasteiger partial charge in [0.05, 0.1) is 0 Å². The lowest BCUT2D eigenvalue weighted by molar-refractivity contribution is -0.116. The van der Waals surface area contributed by atoms with Crippen LogP contribution in [0.1, 0.15) is 60.8 Å². The number of amides is 1. The van der Waals surface area contributed by atoms with E-state index in [4.69, 9.17) is 0 Å². The molecule has 2 aromatic carbocycles. The Morgan fingerprint density at radius 1 is 1.15 bits per heavy atom. The molecule has 1 saturated heterocycles. The average Bonchev–Trinajstić information content (AvgIpc) is 2.72. The molecule has 0 unspecified atom stereocenters. The third-order valence-corrected chi connectivity index (χ3v) is 5.25. The third kappa shape index (κ3) is 5.54. The third-order valence-electron chi connectivity index (χ3n) is 5.25. The Morgan fingerprint density at radius 3 is 2.59 bits per heavy atom. The molecule has 2 aromatic rings. The van der Waals surface area contributed by atoms with E-state index in [9.17, 15) is 4.79 Å². The largest absolute Gasteiger partial charge is 0.348 e. The van der Waals surface area contributed by atoms with Crippen molar-refractivity contribution < 1.29 is 4.79 Å². The minimum Gasteiger partial charge on any atom is -0.348 e. The predicted molar refractivity (Wildman–Crippen MR) is 113 cm³/mol. The number of rotatable bonds is 6. The molecular formula is C24H30N2O. The summed E-state index contributed by atoms with van der Waals surface area (Å²) in [6.07, 6.45) is 5.93. The van der Waals surface area contributed by atoms with Gasteiger partial charge in [-0.3, -0.25) is 4.79 Å². The summed E-state index contributed by atoms with van der Waals surface area (Å²) < 4.78 is 0. The highest BCUT2D eigenvalue weighted by atomic mass is 16.1. The van der Waals surface area contributed by atoms with E-state index in [0.29, 0.717) is 18.4 Å². The molecule has 2 N–H and O–H groups in total. The minimum absolute atomic E-state index is 0.0600. The number of hydrogen-bond acceptors (Lipinski definition) is 2. The summed E-state index contributed by atoms with van der Waals surface area (Å²) in [5, 5.41) is 6.39. The van der Waals surface area contributed by atoms with Gasteiger partial charge in [-0.05, 0) is 66.1 Å². The fraction of sp³-hybridized carbons (Fsp3) is 0.375. The molecule has 3 rings (SSSR count). The molecule has 3 nitrogen and oxygen atoms in total. The van der Waals surface area contributed by atoms with Crippen LogP contribution in [0.25, 0.3) is 6.08 Å². The van der Waals surface area contributed by atoms with E-state index < -0.39 is 0 Å². The normalized spacial score (nSPS) is 15.4. The maximum Gasteiger partial charge on any atom is 0.244 e. The van der Waals surface area contributed by atoms with Crippen molar-refractivity contribution in [2.24, 2.45) is 0 Å². The van der Waals surface area contributed by atoms with Crippen molar-refractivity contribution in [2.75, 3.05) is 13.1 Å². The Bertz CT molecular complexity index is 774. The van der Waals surface area contributed by atoms with Crippen molar-refractivity contribution in [3.8, 4) is 0 Å². The molecule has 0 aliphatic carbocycles. The van der Waals surface area contributed by atoms with E-state index in [1.54, 1.807) is 6.08 Å². The minimum atomic E-state index is -0.0600. The summed E-state index contributed by atoms with van der Waals surface area (Å²) in [7, 11) is 0. The van der Waals surface area contributed by atoms with Crippen LogP contribution in [-0.4, -0.2) is 19.0 Å². The molecule has 27 heavy (non-hydrogen) atoms. The second-order valence-corrected chi connectivity index (χ2v) is 7.60. The Kier molecular flexibility index (Phi) is 6.83. The quantitative estimate of drug-likeness (QED) is 0.737. The lowest BCUT2D eigenvalue weighted by Crippen LogP contribution is -2.27. The Hall–Kier alpha value is -2.39. The molecule has 1 heterocycles. The van der Waals surface area contributed by atoms with Gasteiger partial charge < -0.3 is 10.6 Å². The van der Waals surface area contributed by atoms with E-state index in [-0.39, 0.29) is 5.91 Å². The maximum absolute atomic E-state index is 12.1. The molecule has 0 aromatic heterocycles. The van der Waals surface area contributed by atoms with Crippen LogP contribution in [0, 0.1) is 0 Å². The van der Waals surface area contributed by atoms with Gasteiger partial charge in [-0.25, -0.2) is 0 Å². The zero-order chi connectivity index (χ0) is 19.1. The molecule has 0 saturated carbocycles. The fourth-order valence-corrected chi connectivity index (χ4v) is 3.73. The fourth-order valence-electron chi connectivity index (χ4n) is 3.73. The van der Waals surface area contributed by atoms with E-state index in [2.05, 4.69) is 42.7 Å². The van der Waals surface area contributed by atoms with Gasteiger partial charge in [0.1, 0.15) is 0 Å². The summed E-state index contributed by atoms with van der Waals surface area (Å²) in [5.41, 5.74) is 5.10. The van der Waals surface area contributed by atoms with Crippen LogP contribution >= 0.6 is 0 Å². The van der Waals surface area contributed by atoms with Crippen molar-refractivity contribution >= 4 is 12.0 Å². The molecule has 0 bridgehead atoms. The van der Waals surface area contributed by atoms with Gasteiger partial charge in [-0.15, -0.1) is 0 Å². The Balaban J connectivity index is 1.68. The first-order valence-electron chi connectivity index (χ1n) is 9.98. The van der Waals surface area contributed by atoms with E-state index >= 15 is 0 Å². The second kappa shape index (κ2) is 9.52. The molecular weight excluding hydrogens is 332 g/mol. The van der Waals surface area contributed by atoms with Crippen molar-refractivity contribution in [1.82, 2.24) is 10.6 Å². The lowest BCUT2D eigenvalue weighted by Gasteiger charge is -2.26. The van der Waals surface area contributed by atoms with Crippen molar-refractivity contribution in [2.45, 2.75) is 45.1 Å². The van der Waals surface area contributed by atoms with Gasteiger partial charge in [0.2, 0.25) is 5.91 Å². The topological polar surface area (TPSA) is 41.1 Å². The van der Waals surface area contributed by atoms with Gasteiger partial charge in [-0.1, -0.05) is 62.4 Å². The highest BCUT2D eigenvalue weighted by molar-refractivity contribution is 5.91. The number of benzene rings is 2. The average molecular weight is 363 g/mol. The predicted octanol–water partition coefficient (Wildman–Crippen LogP) is 4.61. The smallest absolute Gasteiger partial charge is 0.244 e. The van der Waals surface area contributed by atoms with E-state index in [1.807, 2.05) is 36.4 Å². The van der Waals surface area contributed by atoms with Crippen LogP contribution in [0.3, 0.4) is 0 Å². The van der Waals surface area contributed by atoms with Crippen LogP contribution in [-0.2, 0) is 11.3 Å². The Labute approximate surface area is 162 Å². The highest BCUT2D eigenvalue weighted by Crippen LogP contribution is 2.32. The van der Waals surface area contributed by atoms with Gasteiger partial charge in [0.25, 0.3) is 0 Å². The Morgan fingerprint density at radius 2 is 1.89 bits per heavy atom. The summed E-state index contributed by atoms with van der Waals surface area (Å²) in [4.78, 5) is 12.1. The van der Waals surface area contributed by atoms with Crippen LogP contribution in [0.5, 0.6) is 0 Å². The summed E-state index contributed by atoms with van der Waals surface area (Å²) >= 11 is 0. The SMILES string of the molecule is CC(C)c1ccc(/C=C/C(=O)NCc2ccccc2)cc1C1CCNCC1. The van der Waals surface area contributed by atoms with Crippen molar-refractivity contribution in [3.05, 3.63) is 76.9 Å². The summed E-state index contributed by atoms with van der Waals surface area (Å²) in [5.74, 6) is 1.07. The number of nitrogens with one attached hydrogen (secondary N) is 2. The molecule has 0 atom stereocenters. The summed E-state index contributed by atoms with van der Waals surface area (Å²) in [6.45, 7) is 7.24. The molecule has 3 heteroatoms. The molecule has 1 fully saturated rings. The van der Waals surface area contributed by atoms with Crippen LogP contribution in [0.15, 0.2) is 54.6 Å². The standard InChI is InChI=1S/C24H30N2O/c1-18(2)22-10-8-19(16-23(22)21-12-14-25-15-13-21)9-11-24(27)26-17-20-6-4-3-5-7-20/h3-11,16,18,21,25H,12-15,17H2,1-2H3,(H,26,27)/b11-9+. The summed E-state index contributed by atoms with van der Waals surface area (Å²) in [6, 6.07) is 16.6. The van der Waals surface area contributed by atoms with Crippen molar-refractivity contribution in [3.63, 3.8) is 0 Å². The zero-order valence-corrected chi connectivity index (χ0v) is 16.4. The van der Waals surface area contributed by atoms with Gasteiger partial charge >= 0.3 is 0 Å². The van der Waals surface area contributed by atoms with E-state index in [0.717, 1.165) is 24.2 Å². The van der Waals surface area contributed by atoms with Crippen LogP contribution in [0.4, 0.5) is 0 Å². The molecule has 1 aliphatic heterocycles. The van der Waals surface area contributed by atoms with E-state index in [1.165, 1.54) is 24.0 Å². The van der Waals surface area contributed by atoms with Gasteiger partial charge in [0, 0.05) is 12.6 Å². The first-order valence-corrected chi connectivity index (χ1v) is 9.98. The monoisotopic (exact) mass is 362 g/mol. The first kappa shape index (κ1) is 19.4. The number of piperidine rings is 1. The lowest BCUT2D eigenvalue weighted by atomic mass is 9.83. The van der Waals surface area contributed by atoms with Crippen molar-refractivity contribution in [1.29, 1.82) is 0 Å². The second-order valence-electron chi connectivity index (χ2n) is 7.60.